The van der Waals surface area contributed by atoms with E-state index in [4.69, 9.17) is 4.74 Å². The number of para-hydroxylation sites is 2. The number of aromatic nitrogens is 2. The fraction of sp³-hybridized carbons (Fsp3) is 0.150. The van der Waals surface area contributed by atoms with Crippen LogP contribution in [-0.2, 0) is 4.74 Å². The Labute approximate surface area is 155 Å². The molecule has 0 bridgehead atoms. The molecule has 138 valence electrons. The summed E-state index contributed by atoms with van der Waals surface area (Å²) in [5.74, 6) is -1.69. The highest BCUT2D eigenvalue weighted by Gasteiger charge is 2.16. The Hall–Kier alpha value is -3.48. The van der Waals surface area contributed by atoms with Gasteiger partial charge in [0, 0.05) is 6.20 Å². The molecule has 3 rings (SSSR count). The average molecular weight is 367 g/mol. The Morgan fingerprint density at radius 1 is 1.19 bits per heavy atom. The summed E-state index contributed by atoms with van der Waals surface area (Å²) in [6, 6.07) is 12.8. The van der Waals surface area contributed by atoms with Crippen molar-refractivity contribution in [3.8, 4) is 5.69 Å². The molecule has 1 amide bonds. The van der Waals surface area contributed by atoms with Crippen molar-refractivity contribution in [2.45, 2.75) is 13.8 Å². The van der Waals surface area contributed by atoms with Gasteiger partial charge >= 0.3 is 5.97 Å². The number of anilines is 1. The molecule has 0 aliphatic heterocycles. The van der Waals surface area contributed by atoms with Crippen LogP contribution in [0, 0.1) is 12.7 Å². The van der Waals surface area contributed by atoms with E-state index in [1.165, 1.54) is 22.9 Å². The largest absolute Gasteiger partial charge is 0.461 e. The summed E-state index contributed by atoms with van der Waals surface area (Å²) in [6.45, 7) is 3.75. The van der Waals surface area contributed by atoms with Crippen molar-refractivity contribution in [1.29, 1.82) is 0 Å². The number of hydrogen-bond acceptors (Lipinski definition) is 4. The molecular weight excluding hydrogens is 349 g/mol. The first-order valence-corrected chi connectivity index (χ1v) is 8.39. The Morgan fingerprint density at radius 3 is 2.74 bits per heavy atom. The van der Waals surface area contributed by atoms with Crippen LogP contribution in [0.3, 0.4) is 0 Å². The second kappa shape index (κ2) is 7.82. The van der Waals surface area contributed by atoms with Crippen LogP contribution in [0.2, 0.25) is 0 Å². The minimum absolute atomic E-state index is 0.0440. The summed E-state index contributed by atoms with van der Waals surface area (Å²) in [5.41, 5.74) is 1.86. The summed E-state index contributed by atoms with van der Waals surface area (Å²) in [5, 5.41) is 6.89. The van der Waals surface area contributed by atoms with Crippen molar-refractivity contribution < 1.29 is 18.7 Å². The molecule has 0 radical (unpaired) electrons. The maximum Gasteiger partial charge on any atom is 0.358 e. The normalized spacial score (nSPS) is 10.5. The molecule has 6 nitrogen and oxygen atoms in total. The van der Waals surface area contributed by atoms with Crippen molar-refractivity contribution >= 4 is 17.6 Å². The molecule has 7 heteroatoms. The monoisotopic (exact) mass is 367 g/mol. The molecule has 0 saturated carbocycles. The van der Waals surface area contributed by atoms with E-state index in [-0.39, 0.29) is 17.9 Å². The Bertz CT molecular complexity index is 998. The number of nitrogens with zero attached hydrogens (tertiary/aromatic N) is 2. The fourth-order valence-electron chi connectivity index (χ4n) is 2.55. The van der Waals surface area contributed by atoms with E-state index >= 15 is 0 Å². The van der Waals surface area contributed by atoms with Gasteiger partial charge in [-0.25, -0.2) is 13.9 Å². The van der Waals surface area contributed by atoms with Gasteiger partial charge in [0.25, 0.3) is 5.91 Å². The zero-order chi connectivity index (χ0) is 19.4. The zero-order valence-corrected chi connectivity index (χ0v) is 14.9. The van der Waals surface area contributed by atoms with E-state index < -0.39 is 17.7 Å². The first-order valence-electron chi connectivity index (χ1n) is 8.39. The fourth-order valence-corrected chi connectivity index (χ4v) is 2.55. The van der Waals surface area contributed by atoms with E-state index in [1.807, 2.05) is 0 Å². The molecule has 1 heterocycles. The van der Waals surface area contributed by atoms with Crippen LogP contribution in [0.1, 0.15) is 33.3 Å². The summed E-state index contributed by atoms with van der Waals surface area (Å²) >= 11 is 0. The van der Waals surface area contributed by atoms with Crippen LogP contribution in [0.4, 0.5) is 10.1 Å². The van der Waals surface area contributed by atoms with Crippen molar-refractivity contribution in [3.63, 3.8) is 0 Å². The number of rotatable bonds is 5. The number of hydrogen-bond donors (Lipinski definition) is 1. The van der Waals surface area contributed by atoms with Crippen LogP contribution < -0.4 is 5.32 Å². The number of carbonyl (C=O) groups is 2. The number of ether oxygens (including phenoxy) is 1. The van der Waals surface area contributed by atoms with Crippen LogP contribution >= 0.6 is 0 Å². The third kappa shape index (κ3) is 4.03. The number of esters is 1. The van der Waals surface area contributed by atoms with Crippen LogP contribution in [-0.4, -0.2) is 28.3 Å². The quantitative estimate of drug-likeness (QED) is 0.697. The molecule has 1 N–H and O–H groups in total. The predicted molar refractivity (Wildman–Crippen MR) is 98.6 cm³/mol. The minimum Gasteiger partial charge on any atom is -0.461 e. The van der Waals surface area contributed by atoms with Crippen LogP contribution in [0.5, 0.6) is 0 Å². The number of aryl methyl sites for hydroxylation is 1. The molecule has 2 aromatic carbocycles. The number of nitrogens with one attached hydrogen (secondary N) is 1. The Morgan fingerprint density at radius 2 is 1.96 bits per heavy atom. The highest BCUT2D eigenvalue weighted by Crippen LogP contribution is 2.21. The number of benzene rings is 2. The molecule has 0 saturated heterocycles. The Kier molecular flexibility index (Phi) is 5.30. The molecule has 0 aliphatic rings. The van der Waals surface area contributed by atoms with Crippen molar-refractivity contribution in [2.24, 2.45) is 0 Å². The molecule has 0 fully saturated rings. The lowest BCUT2D eigenvalue weighted by Crippen LogP contribution is -2.16. The van der Waals surface area contributed by atoms with E-state index in [0.717, 1.165) is 5.56 Å². The Balaban J connectivity index is 1.90. The standard InChI is InChI=1S/C20H18FN3O3/c1-3-27-20(26)17-10-11-24(23-17)18-7-5-4-6-16(18)22-19(25)14-12-13(2)8-9-15(14)21/h4-12H,3H2,1-2H3,(H,22,25). The van der Waals surface area contributed by atoms with Crippen molar-refractivity contribution in [1.82, 2.24) is 9.78 Å². The first-order chi connectivity index (χ1) is 13.0. The topological polar surface area (TPSA) is 73.2 Å². The van der Waals surface area contributed by atoms with Crippen molar-refractivity contribution in [2.75, 3.05) is 11.9 Å². The summed E-state index contributed by atoms with van der Waals surface area (Å²) in [6.07, 6.45) is 1.59. The zero-order valence-electron chi connectivity index (χ0n) is 14.9. The number of amides is 1. The maximum absolute atomic E-state index is 14.0. The molecule has 1 aromatic heterocycles. The van der Waals surface area contributed by atoms with E-state index in [2.05, 4.69) is 10.4 Å². The van der Waals surface area contributed by atoms with Gasteiger partial charge in [-0.2, -0.15) is 5.10 Å². The lowest BCUT2D eigenvalue weighted by atomic mass is 10.1. The smallest absolute Gasteiger partial charge is 0.358 e. The first kappa shape index (κ1) is 18.3. The van der Waals surface area contributed by atoms with Gasteiger partial charge in [0.2, 0.25) is 0 Å². The van der Waals surface area contributed by atoms with Gasteiger partial charge in [0.15, 0.2) is 5.69 Å². The van der Waals surface area contributed by atoms with E-state index in [0.29, 0.717) is 11.4 Å². The third-order valence-electron chi connectivity index (χ3n) is 3.84. The van der Waals surface area contributed by atoms with E-state index in [9.17, 15) is 14.0 Å². The van der Waals surface area contributed by atoms with Gasteiger partial charge in [0.05, 0.1) is 23.5 Å². The molecule has 0 aliphatic carbocycles. The number of carbonyl (C=O) groups excluding carboxylic acids is 2. The van der Waals surface area contributed by atoms with Gasteiger partial charge in [-0.3, -0.25) is 4.79 Å². The molecule has 0 unspecified atom stereocenters. The second-order valence-corrected chi connectivity index (χ2v) is 5.82. The van der Waals surface area contributed by atoms with Gasteiger partial charge < -0.3 is 10.1 Å². The van der Waals surface area contributed by atoms with E-state index in [1.54, 1.807) is 50.4 Å². The molecule has 3 aromatic rings. The molecule has 0 spiro atoms. The van der Waals surface area contributed by atoms with Crippen LogP contribution in [0.15, 0.2) is 54.7 Å². The number of halogens is 1. The van der Waals surface area contributed by atoms with Gasteiger partial charge in [-0.15, -0.1) is 0 Å². The van der Waals surface area contributed by atoms with Gasteiger partial charge in [0.1, 0.15) is 5.82 Å². The highest BCUT2D eigenvalue weighted by molar-refractivity contribution is 6.05. The lowest BCUT2D eigenvalue weighted by molar-refractivity contribution is 0.0518. The summed E-state index contributed by atoms with van der Waals surface area (Å²) < 4.78 is 20.4. The second-order valence-electron chi connectivity index (χ2n) is 5.82. The maximum atomic E-state index is 14.0. The summed E-state index contributed by atoms with van der Waals surface area (Å²) in [4.78, 5) is 24.3. The molecule has 0 atom stereocenters. The summed E-state index contributed by atoms with van der Waals surface area (Å²) in [7, 11) is 0. The SMILES string of the molecule is CCOC(=O)c1ccn(-c2ccccc2NC(=O)c2cc(C)ccc2F)n1. The minimum atomic E-state index is -0.598. The highest BCUT2D eigenvalue weighted by atomic mass is 19.1. The lowest BCUT2D eigenvalue weighted by Gasteiger charge is -2.12. The molecule has 27 heavy (non-hydrogen) atoms. The average Bonchev–Trinajstić information content (AvgIpc) is 3.14. The van der Waals surface area contributed by atoms with Crippen LogP contribution in [0.25, 0.3) is 5.69 Å². The van der Waals surface area contributed by atoms with Gasteiger partial charge in [-0.1, -0.05) is 23.8 Å². The molecular formula is C20H18FN3O3. The third-order valence-corrected chi connectivity index (χ3v) is 3.84. The van der Waals surface area contributed by atoms with Crippen molar-refractivity contribution in [3.05, 3.63) is 77.4 Å². The van der Waals surface area contributed by atoms with Gasteiger partial charge in [-0.05, 0) is 44.2 Å². The predicted octanol–water partition coefficient (Wildman–Crippen LogP) is 3.75.